The van der Waals surface area contributed by atoms with Gasteiger partial charge in [-0.3, -0.25) is 0 Å². The lowest BCUT2D eigenvalue weighted by molar-refractivity contribution is 0.237. The highest BCUT2D eigenvalue weighted by atomic mass is 127. The van der Waals surface area contributed by atoms with Crippen molar-refractivity contribution in [3.63, 3.8) is 0 Å². The van der Waals surface area contributed by atoms with Gasteiger partial charge in [-0.2, -0.15) is 5.26 Å². The van der Waals surface area contributed by atoms with E-state index in [9.17, 15) is 4.79 Å². The van der Waals surface area contributed by atoms with E-state index >= 15 is 0 Å². The van der Waals surface area contributed by atoms with Gasteiger partial charge in [-0.05, 0) is 42.0 Å². The summed E-state index contributed by atoms with van der Waals surface area (Å²) in [5, 5.41) is 8.73. The number of hydrogen-bond acceptors (Lipinski definition) is 5. The van der Waals surface area contributed by atoms with Gasteiger partial charge < -0.3 is 8.92 Å². The molecule has 106 valence electrons. The van der Waals surface area contributed by atoms with Crippen LogP contribution >= 0.6 is 34.6 Å². The van der Waals surface area contributed by atoms with Crippen LogP contribution < -0.4 is 4.74 Å². The van der Waals surface area contributed by atoms with Crippen LogP contribution in [0.25, 0.3) is 0 Å². The van der Waals surface area contributed by atoms with E-state index in [1.807, 2.05) is 36.4 Å². The third-order valence-electron chi connectivity index (χ3n) is 2.52. The molecule has 2 rings (SSSR count). The molecule has 0 amide bonds. The molecule has 21 heavy (non-hydrogen) atoms. The Balaban J connectivity index is 1.88. The molecule has 0 atom stereocenters. The van der Waals surface area contributed by atoms with Crippen LogP contribution in [0.5, 0.6) is 5.75 Å². The maximum absolute atomic E-state index is 10.7. The third kappa shape index (κ3) is 5.28. The quantitative estimate of drug-likeness (QED) is 0.405. The Morgan fingerprint density at radius 2 is 1.81 bits per heavy atom. The van der Waals surface area contributed by atoms with Gasteiger partial charge in [-0.25, -0.2) is 4.79 Å². The van der Waals surface area contributed by atoms with Crippen molar-refractivity contribution in [2.45, 2.75) is 11.5 Å². The fraction of sp³-hybridized carbons (Fsp3) is 0.0667. The molecule has 0 aliphatic heterocycles. The number of rotatable bonds is 5. The first-order chi connectivity index (χ1) is 10.2. The smallest absolute Gasteiger partial charge is 0.379 e. The summed E-state index contributed by atoms with van der Waals surface area (Å²) in [6, 6.07) is 16.6. The molecule has 0 fully saturated rings. The van der Waals surface area contributed by atoms with Crippen LogP contribution in [0, 0.1) is 11.3 Å². The average Bonchev–Trinajstić information content (AvgIpc) is 2.52. The molecule has 2 aromatic carbocycles. The summed E-state index contributed by atoms with van der Waals surface area (Å²) in [6.07, 6.45) is 0. The topological polar surface area (TPSA) is 59.3 Å². The van der Waals surface area contributed by atoms with Crippen molar-refractivity contribution in [2.75, 3.05) is 0 Å². The predicted octanol–water partition coefficient (Wildman–Crippen LogP) is 4.72. The van der Waals surface area contributed by atoms with Gasteiger partial charge in [0.15, 0.2) is 0 Å². The summed E-state index contributed by atoms with van der Waals surface area (Å²) in [5.74, 6) is 0.726. The zero-order valence-electron chi connectivity index (χ0n) is 10.8. The monoisotopic (exact) mass is 411 g/mol. The summed E-state index contributed by atoms with van der Waals surface area (Å²) in [5.41, 5.74) is 1.62. The summed E-state index contributed by atoms with van der Waals surface area (Å²) in [6.45, 7) is 0.431. The maximum atomic E-state index is 10.7. The zero-order valence-corrected chi connectivity index (χ0v) is 13.8. The molecule has 0 aliphatic rings. The molecule has 0 spiro atoms. The van der Waals surface area contributed by atoms with Gasteiger partial charge in [-0.1, -0.05) is 12.1 Å². The normalized spacial score (nSPS) is 9.71. The van der Waals surface area contributed by atoms with Crippen LogP contribution in [0.3, 0.4) is 0 Å². The van der Waals surface area contributed by atoms with Gasteiger partial charge in [0.05, 0.1) is 46.3 Å². The fourth-order valence-corrected chi connectivity index (χ4v) is 2.19. The van der Waals surface area contributed by atoms with Crippen LogP contribution in [0.1, 0.15) is 11.1 Å². The van der Waals surface area contributed by atoms with E-state index < -0.39 is 0 Å². The Morgan fingerprint density at radius 3 is 2.38 bits per heavy atom. The number of carbonyl (C=O) groups excluding carboxylic acids is 1. The molecule has 0 heterocycles. The minimum absolute atomic E-state index is 0.362. The standard InChI is InChI=1S/C15H10INO3S/c16-15(18)20-21-14-7-5-13(6-8-14)19-10-12-3-1-11(9-17)2-4-12/h1-8H,10H2. The number of halogens is 1. The minimum Gasteiger partial charge on any atom is -0.489 e. The highest BCUT2D eigenvalue weighted by Crippen LogP contribution is 2.23. The van der Waals surface area contributed by atoms with Crippen molar-refractivity contribution in [2.24, 2.45) is 0 Å². The summed E-state index contributed by atoms with van der Waals surface area (Å²) < 4.78 is 10.1. The molecular formula is C15H10INO3S. The molecule has 0 N–H and O–H groups in total. The van der Waals surface area contributed by atoms with E-state index in [1.54, 1.807) is 34.7 Å². The lowest BCUT2D eigenvalue weighted by Gasteiger charge is -2.07. The molecule has 2 aromatic rings. The van der Waals surface area contributed by atoms with E-state index in [0.717, 1.165) is 28.3 Å². The fourth-order valence-electron chi connectivity index (χ4n) is 1.51. The van der Waals surface area contributed by atoms with Crippen LogP contribution in [0.4, 0.5) is 4.79 Å². The summed E-state index contributed by atoms with van der Waals surface area (Å²) in [7, 11) is 0. The Labute approximate surface area is 140 Å². The van der Waals surface area contributed by atoms with Crippen molar-refractivity contribution < 1.29 is 13.7 Å². The third-order valence-corrected chi connectivity index (χ3v) is 3.73. The molecule has 0 aromatic heterocycles. The van der Waals surface area contributed by atoms with Crippen molar-refractivity contribution in [1.29, 1.82) is 5.26 Å². The van der Waals surface area contributed by atoms with E-state index in [4.69, 9.17) is 14.2 Å². The molecule has 6 heteroatoms. The summed E-state index contributed by atoms with van der Waals surface area (Å²) in [4.78, 5) is 11.5. The SMILES string of the molecule is N#Cc1ccc(COc2ccc(SOC(=O)I)cc2)cc1. The second-order valence-corrected chi connectivity index (χ2v) is 5.66. The van der Waals surface area contributed by atoms with Gasteiger partial charge >= 0.3 is 3.98 Å². The molecule has 4 nitrogen and oxygen atoms in total. The van der Waals surface area contributed by atoms with Crippen molar-refractivity contribution in [1.82, 2.24) is 0 Å². The molecule has 0 radical (unpaired) electrons. The first-order valence-electron chi connectivity index (χ1n) is 5.93. The van der Waals surface area contributed by atoms with Gasteiger partial charge in [0, 0.05) is 4.90 Å². The second kappa shape index (κ2) is 7.90. The average molecular weight is 411 g/mol. The number of nitrogens with zero attached hydrogens (tertiary/aromatic N) is 1. The molecule has 0 saturated carbocycles. The van der Waals surface area contributed by atoms with Crippen molar-refractivity contribution >= 4 is 38.6 Å². The van der Waals surface area contributed by atoms with Gasteiger partial charge in [0.2, 0.25) is 0 Å². The first kappa shape index (κ1) is 15.7. The number of hydrogen-bond donors (Lipinski definition) is 0. The molecule has 0 bridgehead atoms. The van der Waals surface area contributed by atoms with Crippen LogP contribution in [0.15, 0.2) is 53.4 Å². The van der Waals surface area contributed by atoms with Crippen molar-refractivity contribution in [3.8, 4) is 11.8 Å². The number of ether oxygens (including phenoxy) is 1. The second-order valence-electron chi connectivity index (χ2n) is 3.97. The van der Waals surface area contributed by atoms with E-state index in [1.165, 1.54) is 0 Å². The lowest BCUT2D eigenvalue weighted by atomic mass is 10.2. The van der Waals surface area contributed by atoms with Gasteiger partial charge in [0.1, 0.15) is 12.4 Å². The number of nitriles is 1. The summed E-state index contributed by atoms with van der Waals surface area (Å²) >= 11 is 2.59. The lowest BCUT2D eigenvalue weighted by Crippen LogP contribution is -1.95. The molecular weight excluding hydrogens is 401 g/mol. The van der Waals surface area contributed by atoms with Crippen LogP contribution in [-0.4, -0.2) is 3.98 Å². The van der Waals surface area contributed by atoms with Crippen molar-refractivity contribution in [3.05, 3.63) is 59.7 Å². The first-order valence-corrected chi connectivity index (χ1v) is 7.75. The Bertz CT molecular complexity index is 650. The van der Waals surface area contributed by atoms with E-state index in [0.29, 0.717) is 12.2 Å². The van der Waals surface area contributed by atoms with E-state index in [2.05, 4.69) is 6.07 Å². The zero-order chi connectivity index (χ0) is 15.1. The predicted molar refractivity (Wildman–Crippen MR) is 88.3 cm³/mol. The molecule has 0 unspecified atom stereocenters. The highest BCUT2D eigenvalue weighted by Gasteiger charge is 2.01. The number of carbonyl (C=O) groups is 1. The Morgan fingerprint density at radius 1 is 1.14 bits per heavy atom. The van der Waals surface area contributed by atoms with Gasteiger partial charge in [0.25, 0.3) is 0 Å². The largest absolute Gasteiger partial charge is 0.489 e. The van der Waals surface area contributed by atoms with E-state index in [-0.39, 0.29) is 3.98 Å². The minimum atomic E-state index is -0.362. The van der Waals surface area contributed by atoms with Gasteiger partial charge in [-0.15, -0.1) is 0 Å². The molecule has 0 aliphatic carbocycles. The Hall–Kier alpha value is -1.72. The highest BCUT2D eigenvalue weighted by molar-refractivity contribution is 14.1. The van der Waals surface area contributed by atoms with Crippen LogP contribution in [-0.2, 0) is 10.8 Å². The Kier molecular flexibility index (Phi) is 5.90. The van der Waals surface area contributed by atoms with Crippen LogP contribution in [0.2, 0.25) is 0 Å². The molecule has 0 saturated heterocycles. The number of benzene rings is 2. The maximum Gasteiger partial charge on any atom is 0.379 e.